The molecule has 1 saturated heterocycles. The molecule has 2 unspecified atom stereocenters. The highest BCUT2D eigenvalue weighted by Gasteiger charge is 2.25. The lowest BCUT2D eigenvalue weighted by atomic mass is 10.2. The van der Waals surface area contributed by atoms with E-state index < -0.39 is 12.0 Å². The van der Waals surface area contributed by atoms with Crippen molar-refractivity contribution in [2.45, 2.75) is 18.6 Å². The predicted octanol–water partition coefficient (Wildman–Crippen LogP) is 3.12. The van der Waals surface area contributed by atoms with Crippen LogP contribution in [0.3, 0.4) is 0 Å². The first-order valence-corrected chi connectivity index (χ1v) is 7.78. The van der Waals surface area contributed by atoms with E-state index in [2.05, 4.69) is 10.6 Å². The Balaban J connectivity index is 1.76. The van der Waals surface area contributed by atoms with Gasteiger partial charge in [0.15, 0.2) is 0 Å². The Morgan fingerprint density at radius 1 is 1.52 bits per heavy atom. The number of thiophene rings is 1. The van der Waals surface area contributed by atoms with Crippen LogP contribution in [0.15, 0.2) is 18.2 Å². The lowest BCUT2D eigenvalue weighted by Crippen LogP contribution is -2.36. The van der Waals surface area contributed by atoms with E-state index in [1.807, 2.05) is 0 Å². The van der Waals surface area contributed by atoms with E-state index in [1.54, 1.807) is 12.1 Å². The first kappa shape index (κ1) is 14.7. The Morgan fingerprint density at radius 3 is 3.00 bits per heavy atom. The maximum Gasteiger partial charge on any atom is 0.262 e. The summed E-state index contributed by atoms with van der Waals surface area (Å²) in [5.41, 5.74) is 0. The minimum absolute atomic E-state index is 0.0751. The van der Waals surface area contributed by atoms with Crippen molar-refractivity contribution in [2.24, 2.45) is 0 Å². The van der Waals surface area contributed by atoms with Crippen LogP contribution in [-0.2, 0) is 0 Å². The van der Waals surface area contributed by atoms with Crippen LogP contribution in [0.2, 0.25) is 5.02 Å². The molecule has 3 rings (SSSR count). The van der Waals surface area contributed by atoms with Crippen LogP contribution < -0.4 is 10.6 Å². The summed E-state index contributed by atoms with van der Waals surface area (Å²) in [7, 11) is 0. The smallest absolute Gasteiger partial charge is 0.262 e. The quantitative estimate of drug-likeness (QED) is 0.908. The molecule has 2 atom stereocenters. The van der Waals surface area contributed by atoms with Gasteiger partial charge in [-0.05, 0) is 18.6 Å². The SMILES string of the molecule is O=C(NCC1CC(F)CN1)c1sc2cccc(F)c2c1Cl. The fourth-order valence-electron chi connectivity index (χ4n) is 2.44. The Bertz CT molecular complexity index is 691. The molecular formula is C14H13ClF2N2OS. The molecule has 1 aliphatic heterocycles. The molecule has 0 aliphatic carbocycles. The van der Waals surface area contributed by atoms with Gasteiger partial charge in [-0.25, -0.2) is 8.78 Å². The lowest BCUT2D eigenvalue weighted by Gasteiger charge is -2.10. The van der Waals surface area contributed by atoms with Crippen LogP contribution in [0.5, 0.6) is 0 Å². The normalized spacial score (nSPS) is 21.9. The molecule has 1 aliphatic rings. The zero-order chi connectivity index (χ0) is 15.0. The minimum atomic E-state index is -0.867. The zero-order valence-electron chi connectivity index (χ0n) is 11.0. The highest BCUT2D eigenvalue weighted by atomic mass is 35.5. The highest BCUT2D eigenvalue weighted by Crippen LogP contribution is 2.36. The largest absolute Gasteiger partial charge is 0.350 e. The molecule has 21 heavy (non-hydrogen) atoms. The number of carbonyl (C=O) groups excluding carboxylic acids is 1. The lowest BCUT2D eigenvalue weighted by molar-refractivity contribution is 0.0954. The maximum atomic E-state index is 13.7. The average Bonchev–Trinajstić information content (AvgIpc) is 3.01. The maximum absolute atomic E-state index is 13.7. The van der Waals surface area contributed by atoms with Gasteiger partial charge in [-0.15, -0.1) is 11.3 Å². The zero-order valence-corrected chi connectivity index (χ0v) is 12.5. The van der Waals surface area contributed by atoms with Crippen LogP contribution in [0.4, 0.5) is 8.78 Å². The van der Waals surface area contributed by atoms with Gasteiger partial charge in [-0.2, -0.15) is 0 Å². The molecule has 0 radical (unpaired) electrons. The number of nitrogens with one attached hydrogen (secondary N) is 2. The van der Waals surface area contributed by atoms with Crippen molar-refractivity contribution in [3.8, 4) is 0 Å². The highest BCUT2D eigenvalue weighted by molar-refractivity contribution is 7.21. The van der Waals surface area contributed by atoms with E-state index in [-0.39, 0.29) is 27.2 Å². The molecule has 2 aromatic rings. The van der Waals surface area contributed by atoms with Crippen LogP contribution >= 0.6 is 22.9 Å². The molecule has 1 fully saturated rings. The van der Waals surface area contributed by atoms with Gasteiger partial charge in [0.1, 0.15) is 16.9 Å². The molecule has 2 heterocycles. The van der Waals surface area contributed by atoms with Gasteiger partial charge in [0.2, 0.25) is 0 Å². The van der Waals surface area contributed by atoms with E-state index in [4.69, 9.17) is 11.6 Å². The molecule has 1 amide bonds. The summed E-state index contributed by atoms with van der Waals surface area (Å²) in [4.78, 5) is 12.4. The van der Waals surface area contributed by atoms with Gasteiger partial charge < -0.3 is 10.6 Å². The summed E-state index contributed by atoms with van der Waals surface area (Å²) < 4.78 is 27.4. The van der Waals surface area contributed by atoms with Crippen molar-refractivity contribution >= 4 is 38.9 Å². The van der Waals surface area contributed by atoms with Crippen molar-refractivity contribution in [1.29, 1.82) is 0 Å². The second kappa shape index (κ2) is 5.87. The molecule has 2 N–H and O–H groups in total. The summed E-state index contributed by atoms with van der Waals surface area (Å²) in [6, 6.07) is 4.54. The van der Waals surface area contributed by atoms with E-state index in [0.29, 0.717) is 24.2 Å². The van der Waals surface area contributed by atoms with Crippen molar-refractivity contribution in [1.82, 2.24) is 10.6 Å². The topological polar surface area (TPSA) is 41.1 Å². The van der Waals surface area contributed by atoms with E-state index in [9.17, 15) is 13.6 Å². The fourth-order valence-corrected chi connectivity index (χ4v) is 3.91. The molecule has 1 aromatic heterocycles. The second-order valence-electron chi connectivity index (χ2n) is 5.01. The number of carbonyl (C=O) groups is 1. The third-order valence-electron chi connectivity index (χ3n) is 3.49. The van der Waals surface area contributed by atoms with Crippen molar-refractivity contribution in [2.75, 3.05) is 13.1 Å². The Labute approximate surface area is 129 Å². The number of benzene rings is 1. The van der Waals surface area contributed by atoms with Crippen LogP contribution in [0, 0.1) is 5.82 Å². The number of rotatable bonds is 3. The number of amides is 1. The van der Waals surface area contributed by atoms with Crippen LogP contribution in [0.25, 0.3) is 10.1 Å². The van der Waals surface area contributed by atoms with Crippen molar-refractivity contribution in [3.63, 3.8) is 0 Å². The van der Waals surface area contributed by atoms with Gasteiger partial charge in [0, 0.05) is 29.2 Å². The Morgan fingerprint density at radius 2 is 2.33 bits per heavy atom. The van der Waals surface area contributed by atoms with Crippen molar-refractivity contribution < 1.29 is 13.6 Å². The summed E-state index contributed by atoms with van der Waals surface area (Å²) in [5, 5.41) is 6.11. The van der Waals surface area contributed by atoms with E-state index in [1.165, 1.54) is 6.07 Å². The summed E-state index contributed by atoms with van der Waals surface area (Å²) in [5.74, 6) is -0.796. The van der Waals surface area contributed by atoms with Crippen molar-refractivity contribution in [3.05, 3.63) is 33.9 Å². The van der Waals surface area contributed by atoms with Gasteiger partial charge in [0.05, 0.1) is 5.02 Å². The second-order valence-corrected chi connectivity index (χ2v) is 6.44. The van der Waals surface area contributed by atoms with Gasteiger partial charge in [-0.3, -0.25) is 4.79 Å². The van der Waals surface area contributed by atoms with Gasteiger partial charge in [0.25, 0.3) is 5.91 Å². The van der Waals surface area contributed by atoms with Gasteiger partial charge in [-0.1, -0.05) is 17.7 Å². The number of hydrogen-bond acceptors (Lipinski definition) is 3. The summed E-state index contributed by atoms with van der Waals surface area (Å²) in [6.45, 7) is 0.641. The third-order valence-corrected chi connectivity index (χ3v) is 5.13. The standard InChI is InChI=1S/C14H13ClF2N2OS/c15-12-11-9(17)2-1-3-10(11)21-13(12)14(20)19-6-8-4-7(16)5-18-8/h1-3,7-8,18H,4-6H2,(H,19,20). The molecule has 1 aromatic carbocycles. The molecule has 112 valence electrons. The van der Waals surface area contributed by atoms with E-state index >= 15 is 0 Å². The van der Waals surface area contributed by atoms with Crippen LogP contribution in [-0.4, -0.2) is 31.2 Å². The average molecular weight is 331 g/mol. The number of fused-ring (bicyclic) bond motifs is 1. The molecular weight excluding hydrogens is 318 g/mol. The van der Waals surface area contributed by atoms with Gasteiger partial charge >= 0.3 is 0 Å². The molecule has 0 saturated carbocycles. The molecule has 3 nitrogen and oxygen atoms in total. The Kier molecular flexibility index (Phi) is 4.10. The molecule has 0 spiro atoms. The minimum Gasteiger partial charge on any atom is -0.350 e. The number of alkyl halides is 1. The predicted molar refractivity (Wildman–Crippen MR) is 80.4 cm³/mol. The van der Waals surface area contributed by atoms with Crippen LogP contribution in [0.1, 0.15) is 16.1 Å². The molecule has 7 heteroatoms. The van der Waals surface area contributed by atoms with E-state index in [0.717, 1.165) is 11.3 Å². The number of halogens is 3. The summed E-state index contributed by atoms with van der Waals surface area (Å²) in [6.07, 6.45) is -0.483. The Hall–Kier alpha value is -1.24. The monoisotopic (exact) mass is 330 g/mol. The number of hydrogen-bond donors (Lipinski definition) is 2. The fraction of sp³-hybridized carbons (Fsp3) is 0.357. The first-order chi connectivity index (χ1) is 10.1. The third kappa shape index (κ3) is 2.88. The first-order valence-electron chi connectivity index (χ1n) is 6.58. The molecule has 0 bridgehead atoms. The summed E-state index contributed by atoms with van der Waals surface area (Å²) >= 11 is 7.26.